The van der Waals surface area contributed by atoms with E-state index in [0.29, 0.717) is 0 Å². The molecule has 0 atom stereocenters. The molecule has 5 nitrogen and oxygen atoms in total. The summed E-state index contributed by atoms with van der Waals surface area (Å²) < 4.78 is 17.7. The third kappa shape index (κ3) is 6.73. The van der Waals surface area contributed by atoms with Gasteiger partial charge in [0.15, 0.2) is 0 Å². The average molecular weight is 1070 g/mol. The minimum Gasteiger partial charge on any atom is -0.456 e. The largest absolute Gasteiger partial charge is 0.456 e. The van der Waals surface area contributed by atoms with Crippen molar-refractivity contribution in [3.8, 4) is 50.2 Å². The van der Waals surface area contributed by atoms with E-state index in [4.69, 9.17) is 8.83 Å². The Morgan fingerprint density at radius 1 is 0.262 bits per heavy atom. The number of para-hydroxylation sites is 6. The van der Waals surface area contributed by atoms with Crippen LogP contribution in [0, 0.1) is 0 Å². The zero-order valence-electron chi connectivity index (χ0n) is 45.4. The van der Waals surface area contributed by atoms with Gasteiger partial charge in [0.25, 0.3) is 6.71 Å². The van der Waals surface area contributed by atoms with Crippen molar-refractivity contribution >= 4 is 123 Å². The van der Waals surface area contributed by atoms with Crippen molar-refractivity contribution in [2.45, 2.75) is 0 Å². The van der Waals surface area contributed by atoms with Gasteiger partial charge in [-0.15, -0.1) is 0 Å². The van der Waals surface area contributed by atoms with Crippen molar-refractivity contribution in [1.82, 2.24) is 4.57 Å². The minimum absolute atomic E-state index is 0.423. The van der Waals surface area contributed by atoms with E-state index in [1.807, 2.05) is 0 Å². The number of rotatable bonds is 7. The van der Waals surface area contributed by atoms with Gasteiger partial charge in [-0.2, -0.15) is 0 Å². The summed E-state index contributed by atoms with van der Waals surface area (Å²) in [6.07, 6.45) is 0. The Hall–Kier alpha value is -11.1. The first-order chi connectivity index (χ1) is 41.7. The van der Waals surface area contributed by atoms with Crippen LogP contribution in [0.15, 0.2) is 300 Å². The molecule has 16 aromatic rings. The Morgan fingerprint density at radius 2 is 0.595 bits per heavy atom. The first-order valence-corrected chi connectivity index (χ1v) is 28.9. The second-order valence-corrected chi connectivity index (χ2v) is 22.2. The predicted molar refractivity (Wildman–Crippen MR) is 351 cm³/mol. The Balaban J connectivity index is 1.09. The van der Waals surface area contributed by atoms with Gasteiger partial charge in [-0.25, -0.2) is 0 Å². The fraction of sp³-hybridized carbons (Fsp3) is 0. The lowest BCUT2D eigenvalue weighted by Crippen LogP contribution is -2.61. The molecule has 3 aromatic heterocycles. The Labute approximate surface area is 484 Å². The third-order valence-corrected chi connectivity index (χ3v) is 17.8. The molecule has 0 amide bonds. The van der Waals surface area contributed by atoms with Crippen molar-refractivity contribution in [2.24, 2.45) is 0 Å². The van der Waals surface area contributed by atoms with E-state index in [0.717, 1.165) is 156 Å². The maximum atomic E-state index is 7.59. The summed E-state index contributed by atoms with van der Waals surface area (Å²) in [4.78, 5) is 5.15. The van der Waals surface area contributed by atoms with Crippen molar-refractivity contribution in [3.63, 3.8) is 0 Å². The van der Waals surface area contributed by atoms with Crippen molar-refractivity contribution in [3.05, 3.63) is 291 Å². The first kappa shape index (κ1) is 46.7. The van der Waals surface area contributed by atoms with Gasteiger partial charge >= 0.3 is 0 Å². The van der Waals surface area contributed by atoms with Gasteiger partial charge in [0, 0.05) is 66.2 Å². The zero-order valence-corrected chi connectivity index (χ0v) is 45.4. The molecule has 0 fully saturated rings. The molecule has 0 aliphatic carbocycles. The summed E-state index contributed by atoms with van der Waals surface area (Å²) in [6.45, 7) is -0.423. The van der Waals surface area contributed by atoms with Crippen molar-refractivity contribution < 1.29 is 8.83 Å². The number of furan rings is 2. The molecule has 6 heteroatoms. The summed E-state index contributed by atoms with van der Waals surface area (Å²) in [5.74, 6) is 0. The highest BCUT2D eigenvalue weighted by molar-refractivity contribution is 7.03. The van der Waals surface area contributed by atoms with E-state index in [-0.39, 0.29) is 0 Å². The van der Waals surface area contributed by atoms with Crippen LogP contribution in [0.5, 0.6) is 0 Å². The van der Waals surface area contributed by atoms with Crippen LogP contribution in [0.3, 0.4) is 0 Å². The quantitative estimate of drug-likeness (QED) is 0.149. The van der Waals surface area contributed by atoms with E-state index in [2.05, 4.69) is 306 Å². The molecular weight excluding hydrogens is 1020 g/mol. The van der Waals surface area contributed by atoms with Crippen molar-refractivity contribution in [2.75, 3.05) is 9.80 Å². The van der Waals surface area contributed by atoms with E-state index in [1.54, 1.807) is 0 Å². The lowest BCUT2D eigenvalue weighted by Gasteiger charge is -2.45. The Bertz CT molecular complexity index is 5010. The number of hydrogen-bond acceptors (Lipinski definition) is 4. The van der Waals surface area contributed by atoms with Gasteiger partial charge in [-0.1, -0.05) is 231 Å². The fourth-order valence-corrected chi connectivity index (χ4v) is 14.3. The summed E-state index contributed by atoms with van der Waals surface area (Å²) in [7, 11) is 0. The SMILES string of the molecule is c1ccc(-c2ccccc2N2c3cc(-n4c5ccccc5c5ccccc54)cc4c3B(c3c2cc(-c2ccccc2)c2c3oc3ccccc32)c2c(cc(-c3ccccc3)c3c2oc2ccccc23)N4c2ccccc2-c2ccccc2)cc1. The van der Waals surface area contributed by atoms with E-state index in [9.17, 15) is 0 Å². The van der Waals surface area contributed by atoms with Crippen LogP contribution in [0.4, 0.5) is 34.1 Å². The summed E-state index contributed by atoms with van der Waals surface area (Å²) in [5.41, 5.74) is 25.2. The predicted octanol–water partition coefficient (Wildman–Crippen LogP) is 19.3. The Morgan fingerprint density at radius 3 is 1.02 bits per heavy atom. The van der Waals surface area contributed by atoms with Gasteiger partial charge in [0.2, 0.25) is 0 Å². The van der Waals surface area contributed by atoms with Gasteiger partial charge in [-0.3, -0.25) is 0 Å². The van der Waals surface area contributed by atoms with Gasteiger partial charge < -0.3 is 23.2 Å². The van der Waals surface area contributed by atoms with Gasteiger partial charge in [0.1, 0.15) is 22.3 Å². The first-order valence-electron chi connectivity index (χ1n) is 28.9. The number of hydrogen-bond donors (Lipinski definition) is 0. The summed E-state index contributed by atoms with van der Waals surface area (Å²) >= 11 is 0. The highest BCUT2D eigenvalue weighted by Gasteiger charge is 2.49. The van der Waals surface area contributed by atoms with Gasteiger partial charge in [-0.05, 0) is 110 Å². The average Bonchev–Trinajstić information content (AvgIpc) is 1.14. The molecule has 0 saturated carbocycles. The van der Waals surface area contributed by atoms with Crippen LogP contribution in [0.25, 0.3) is 116 Å². The number of fused-ring (bicyclic) bond motifs is 15. The van der Waals surface area contributed by atoms with Crippen LogP contribution < -0.4 is 26.2 Å². The molecule has 5 heterocycles. The molecule has 390 valence electrons. The molecule has 0 spiro atoms. The molecule has 0 radical (unpaired) electrons. The van der Waals surface area contributed by atoms with Crippen molar-refractivity contribution in [1.29, 1.82) is 0 Å². The summed E-state index contributed by atoms with van der Waals surface area (Å²) in [5, 5.41) is 6.70. The monoisotopic (exact) mass is 1070 g/mol. The van der Waals surface area contributed by atoms with Crippen LogP contribution in [0.1, 0.15) is 0 Å². The second kappa shape index (κ2) is 18.2. The van der Waals surface area contributed by atoms with Gasteiger partial charge in [0.05, 0.1) is 28.1 Å². The lowest BCUT2D eigenvalue weighted by molar-refractivity contribution is 0.671. The topological polar surface area (TPSA) is 37.7 Å². The molecule has 18 rings (SSSR count). The molecule has 0 saturated heterocycles. The Kier molecular flexibility index (Phi) is 10.1. The molecule has 2 aliphatic heterocycles. The molecule has 13 aromatic carbocycles. The summed E-state index contributed by atoms with van der Waals surface area (Å²) in [6, 6.07) is 106. The van der Waals surface area contributed by atoms with Crippen LogP contribution in [0.2, 0.25) is 0 Å². The second-order valence-electron chi connectivity index (χ2n) is 22.2. The standard InChI is InChI=1S/C78H48BN3O2/c1-5-25-49(26-6-1)54-33-13-19-39-62(54)81-66-45-53(80-64-41-21-15-35-56(64)57-36-16-22-42-65(57)80)46-67-74(66)79(75-68(81)47-60(51-29-9-3-10-30-51)72-58-37-17-23-43-70(58)83-77(72)75)76-69(82(67)63-40-20-14-34-55(63)50-27-7-2-8-28-50)48-61(52-31-11-4-12-32-52)73-59-38-18-24-44-71(59)84-78(73)76/h1-48H. The van der Waals surface area contributed by atoms with Crippen LogP contribution in [-0.4, -0.2) is 11.3 Å². The highest BCUT2D eigenvalue weighted by atomic mass is 16.3. The molecule has 0 N–H and O–H groups in total. The van der Waals surface area contributed by atoms with Crippen LogP contribution in [-0.2, 0) is 0 Å². The van der Waals surface area contributed by atoms with E-state index in [1.165, 1.54) is 10.8 Å². The number of nitrogens with zero attached hydrogens (tertiary/aromatic N) is 3. The fourth-order valence-electron chi connectivity index (χ4n) is 14.3. The van der Waals surface area contributed by atoms with Crippen LogP contribution >= 0.6 is 0 Å². The minimum atomic E-state index is -0.423. The number of benzene rings is 13. The lowest BCUT2D eigenvalue weighted by atomic mass is 9.33. The number of aromatic nitrogens is 1. The molecule has 0 bridgehead atoms. The maximum absolute atomic E-state index is 7.59. The molecule has 84 heavy (non-hydrogen) atoms. The van der Waals surface area contributed by atoms with E-state index >= 15 is 0 Å². The number of anilines is 6. The maximum Gasteiger partial charge on any atom is 0.261 e. The zero-order chi connectivity index (χ0) is 55.0. The normalized spacial score (nSPS) is 12.7. The van der Waals surface area contributed by atoms with E-state index < -0.39 is 6.71 Å². The highest BCUT2D eigenvalue weighted by Crippen LogP contribution is 2.54. The third-order valence-electron chi connectivity index (χ3n) is 17.8. The molecule has 0 unspecified atom stereocenters. The molecule has 2 aliphatic rings. The smallest absolute Gasteiger partial charge is 0.261 e. The molecular formula is C78H48BN3O2.